The molecule has 2 rings (SSSR count). The van der Waals surface area contributed by atoms with Gasteiger partial charge < -0.3 is 9.47 Å². The molecular formula is C14H20N2O3. The molecule has 19 heavy (non-hydrogen) atoms. The maximum atomic E-state index is 11.6. The van der Waals surface area contributed by atoms with Gasteiger partial charge in [-0.2, -0.15) is 0 Å². The van der Waals surface area contributed by atoms with Gasteiger partial charge in [-0.1, -0.05) is 17.7 Å². The lowest BCUT2D eigenvalue weighted by Crippen LogP contribution is -2.38. The Hall–Kier alpha value is -1.59. The minimum Gasteiger partial charge on any atom is -0.448 e. The molecule has 104 valence electrons. The van der Waals surface area contributed by atoms with E-state index >= 15 is 0 Å². The van der Waals surface area contributed by atoms with E-state index in [2.05, 4.69) is 10.2 Å². The Bertz CT molecular complexity index is 400. The lowest BCUT2D eigenvalue weighted by molar-refractivity contribution is 0.0290. The summed E-state index contributed by atoms with van der Waals surface area (Å²) in [6.45, 7) is 6.49. The molecule has 1 aromatic carbocycles. The smallest absolute Gasteiger partial charge is 0.411 e. The number of benzene rings is 1. The van der Waals surface area contributed by atoms with E-state index in [4.69, 9.17) is 9.47 Å². The molecule has 1 aliphatic heterocycles. The van der Waals surface area contributed by atoms with Crippen molar-refractivity contribution in [1.29, 1.82) is 0 Å². The number of morpholine rings is 1. The van der Waals surface area contributed by atoms with Crippen molar-refractivity contribution >= 4 is 11.8 Å². The van der Waals surface area contributed by atoms with E-state index in [0.29, 0.717) is 6.61 Å². The van der Waals surface area contributed by atoms with Gasteiger partial charge in [0.05, 0.1) is 13.2 Å². The lowest BCUT2D eigenvalue weighted by atomic mass is 10.2. The predicted molar refractivity (Wildman–Crippen MR) is 73.4 cm³/mol. The molecule has 0 unspecified atom stereocenters. The third-order valence-electron chi connectivity index (χ3n) is 3.04. The van der Waals surface area contributed by atoms with Crippen LogP contribution in [-0.4, -0.2) is 50.4 Å². The first-order valence-corrected chi connectivity index (χ1v) is 6.54. The van der Waals surface area contributed by atoms with Crippen molar-refractivity contribution in [2.24, 2.45) is 0 Å². The fraction of sp³-hybridized carbons (Fsp3) is 0.500. The standard InChI is InChI=1S/C14H20N2O3/c1-12-2-4-13(5-3-12)15-14(17)19-11-8-16-6-9-18-10-7-16/h2-5H,6-11H2,1H3,(H,15,17). The fourth-order valence-corrected chi connectivity index (χ4v) is 1.88. The molecule has 1 fully saturated rings. The Morgan fingerprint density at radius 2 is 2.00 bits per heavy atom. The fourth-order valence-electron chi connectivity index (χ4n) is 1.88. The Kier molecular flexibility index (Phi) is 5.18. The van der Waals surface area contributed by atoms with Crippen LogP contribution in [0.3, 0.4) is 0 Å². The first-order valence-electron chi connectivity index (χ1n) is 6.54. The number of amides is 1. The van der Waals surface area contributed by atoms with Crippen LogP contribution in [0.25, 0.3) is 0 Å². The zero-order valence-corrected chi connectivity index (χ0v) is 11.2. The number of aryl methyl sites for hydroxylation is 1. The van der Waals surface area contributed by atoms with Crippen molar-refractivity contribution in [3.63, 3.8) is 0 Å². The molecule has 0 aliphatic carbocycles. The minimum absolute atomic E-state index is 0.400. The Balaban J connectivity index is 1.65. The molecule has 1 saturated heterocycles. The summed E-state index contributed by atoms with van der Waals surface area (Å²) in [6, 6.07) is 7.61. The van der Waals surface area contributed by atoms with Crippen molar-refractivity contribution in [2.75, 3.05) is 44.8 Å². The van der Waals surface area contributed by atoms with Crippen LogP contribution in [0.4, 0.5) is 10.5 Å². The van der Waals surface area contributed by atoms with Crippen LogP contribution in [0.15, 0.2) is 24.3 Å². The molecule has 0 atom stereocenters. The SMILES string of the molecule is Cc1ccc(NC(=O)OCCN2CCOCC2)cc1. The van der Waals surface area contributed by atoms with Gasteiger partial charge in [0.1, 0.15) is 6.61 Å². The molecule has 0 radical (unpaired) electrons. The largest absolute Gasteiger partial charge is 0.448 e. The van der Waals surface area contributed by atoms with Crippen LogP contribution < -0.4 is 5.32 Å². The summed E-state index contributed by atoms with van der Waals surface area (Å²) >= 11 is 0. The van der Waals surface area contributed by atoms with Crippen LogP contribution in [0.5, 0.6) is 0 Å². The second-order valence-electron chi connectivity index (χ2n) is 4.58. The van der Waals surface area contributed by atoms with Crippen molar-refractivity contribution in [3.8, 4) is 0 Å². The zero-order chi connectivity index (χ0) is 13.5. The van der Waals surface area contributed by atoms with Crippen molar-refractivity contribution in [1.82, 2.24) is 4.90 Å². The number of carbonyl (C=O) groups excluding carboxylic acids is 1. The number of nitrogens with zero attached hydrogens (tertiary/aromatic N) is 1. The topological polar surface area (TPSA) is 50.8 Å². The number of anilines is 1. The van der Waals surface area contributed by atoms with Gasteiger partial charge in [-0.15, -0.1) is 0 Å². The maximum Gasteiger partial charge on any atom is 0.411 e. The molecule has 0 spiro atoms. The van der Waals surface area contributed by atoms with E-state index < -0.39 is 6.09 Å². The van der Waals surface area contributed by atoms with Crippen molar-refractivity contribution < 1.29 is 14.3 Å². The molecule has 1 aliphatic rings. The van der Waals surface area contributed by atoms with Gasteiger partial charge >= 0.3 is 6.09 Å². The Labute approximate surface area is 113 Å². The summed E-state index contributed by atoms with van der Waals surface area (Å²) in [5.41, 5.74) is 1.91. The second kappa shape index (κ2) is 7.11. The molecule has 0 bridgehead atoms. The van der Waals surface area contributed by atoms with Gasteiger partial charge in [-0.25, -0.2) is 4.79 Å². The highest BCUT2D eigenvalue weighted by molar-refractivity contribution is 5.84. The average Bonchev–Trinajstić information content (AvgIpc) is 2.43. The number of hydrogen-bond donors (Lipinski definition) is 1. The summed E-state index contributed by atoms with van der Waals surface area (Å²) in [6.07, 6.45) is -0.405. The Morgan fingerprint density at radius 1 is 1.32 bits per heavy atom. The van der Waals surface area contributed by atoms with Crippen LogP contribution in [-0.2, 0) is 9.47 Å². The maximum absolute atomic E-state index is 11.6. The third kappa shape index (κ3) is 4.89. The van der Waals surface area contributed by atoms with Crippen molar-refractivity contribution in [3.05, 3.63) is 29.8 Å². The highest BCUT2D eigenvalue weighted by Gasteiger charge is 2.10. The molecule has 1 heterocycles. The summed E-state index contributed by atoms with van der Waals surface area (Å²) < 4.78 is 10.4. The first-order chi connectivity index (χ1) is 9.24. The Morgan fingerprint density at radius 3 is 2.68 bits per heavy atom. The lowest BCUT2D eigenvalue weighted by Gasteiger charge is -2.26. The first kappa shape index (κ1) is 13.8. The van der Waals surface area contributed by atoms with E-state index in [9.17, 15) is 4.79 Å². The second-order valence-corrected chi connectivity index (χ2v) is 4.58. The van der Waals surface area contributed by atoms with Gasteiger partial charge in [-0.05, 0) is 19.1 Å². The van der Waals surface area contributed by atoms with E-state index in [-0.39, 0.29) is 0 Å². The predicted octanol–water partition coefficient (Wildman–Crippen LogP) is 1.88. The number of carbonyl (C=O) groups is 1. The van der Waals surface area contributed by atoms with Gasteiger partial charge in [0.15, 0.2) is 0 Å². The number of nitrogens with one attached hydrogen (secondary N) is 1. The van der Waals surface area contributed by atoms with Crippen LogP contribution >= 0.6 is 0 Å². The average molecular weight is 264 g/mol. The quantitative estimate of drug-likeness (QED) is 0.902. The third-order valence-corrected chi connectivity index (χ3v) is 3.04. The number of ether oxygens (including phenoxy) is 2. The summed E-state index contributed by atoms with van der Waals surface area (Å²) in [4.78, 5) is 13.8. The minimum atomic E-state index is -0.405. The highest BCUT2D eigenvalue weighted by Crippen LogP contribution is 2.08. The zero-order valence-electron chi connectivity index (χ0n) is 11.2. The molecule has 1 amide bonds. The highest BCUT2D eigenvalue weighted by atomic mass is 16.5. The molecule has 5 heteroatoms. The molecular weight excluding hydrogens is 244 g/mol. The van der Waals surface area contributed by atoms with Gasteiger partial charge in [-0.3, -0.25) is 10.2 Å². The van der Waals surface area contributed by atoms with E-state index in [0.717, 1.165) is 44.1 Å². The van der Waals surface area contributed by atoms with E-state index in [1.807, 2.05) is 31.2 Å². The summed E-state index contributed by atoms with van der Waals surface area (Å²) in [5.74, 6) is 0. The van der Waals surface area contributed by atoms with Crippen LogP contribution in [0, 0.1) is 6.92 Å². The van der Waals surface area contributed by atoms with Crippen molar-refractivity contribution in [2.45, 2.75) is 6.92 Å². The summed E-state index contributed by atoms with van der Waals surface area (Å²) in [7, 11) is 0. The number of rotatable bonds is 4. The molecule has 0 saturated carbocycles. The monoisotopic (exact) mass is 264 g/mol. The molecule has 1 aromatic rings. The van der Waals surface area contributed by atoms with Gasteiger partial charge in [0.2, 0.25) is 0 Å². The molecule has 5 nitrogen and oxygen atoms in total. The molecule has 0 aromatic heterocycles. The molecule has 1 N–H and O–H groups in total. The summed E-state index contributed by atoms with van der Waals surface area (Å²) in [5, 5.41) is 2.70. The van der Waals surface area contributed by atoms with Crippen LogP contribution in [0.1, 0.15) is 5.56 Å². The van der Waals surface area contributed by atoms with E-state index in [1.54, 1.807) is 0 Å². The van der Waals surface area contributed by atoms with Crippen LogP contribution in [0.2, 0.25) is 0 Å². The number of hydrogen-bond acceptors (Lipinski definition) is 4. The van der Waals surface area contributed by atoms with Gasteiger partial charge in [0.25, 0.3) is 0 Å². The van der Waals surface area contributed by atoms with Gasteiger partial charge in [0, 0.05) is 25.3 Å². The normalized spacial score (nSPS) is 16.1. The van der Waals surface area contributed by atoms with E-state index in [1.165, 1.54) is 0 Å².